The minimum atomic E-state index is -0.322. The number of nitrogens with zero attached hydrogens (tertiary/aromatic N) is 3. The van der Waals surface area contributed by atoms with Crippen LogP contribution in [0.4, 0.5) is 11.5 Å². The molecule has 6 heteroatoms. The number of hydrogen-bond donors (Lipinski definition) is 0. The van der Waals surface area contributed by atoms with Crippen LogP contribution in [0.2, 0.25) is 0 Å². The van der Waals surface area contributed by atoms with Gasteiger partial charge in [-0.1, -0.05) is 12.1 Å². The van der Waals surface area contributed by atoms with E-state index in [1.54, 1.807) is 32.4 Å². The lowest BCUT2D eigenvalue weighted by atomic mass is 10.2. The van der Waals surface area contributed by atoms with Crippen molar-refractivity contribution in [3.8, 4) is 5.75 Å². The zero-order chi connectivity index (χ0) is 17.6. The molecule has 0 unspecified atom stereocenters. The fourth-order valence-electron chi connectivity index (χ4n) is 3.07. The fourth-order valence-corrected chi connectivity index (χ4v) is 3.07. The second-order valence-electron chi connectivity index (χ2n) is 5.74. The molecule has 1 saturated heterocycles. The van der Waals surface area contributed by atoms with E-state index in [1.807, 2.05) is 18.2 Å². The predicted molar refractivity (Wildman–Crippen MR) is 97.6 cm³/mol. The van der Waals surface area contributed by atoms with Gasteiger partial charge in [-0.25, -0.2) is 9.78 Å². The first-order chi connectivity index (χ1) is 12.2. The van der Waals surface area contributed by atoms with Gasteiger partial charge in [-0.3, -0.25) is 0 Å². The van der Waals surface area contributed by atoms with E-state index >= 15 is 0 Å². The Morgan fingerprint density at radius 2 is 1.80 bits per heavy atom. The summed E-state index contributed by atoms with van der Waals surface area (Å²) in [6.45, 7) is 5.38. The minimum absolute atomic E-state index is 0.322. The Bertz CT molecular complexity index is 727. The highest BCUT2D eigenvalue weighted by molar-refractivity contribution is 5.94. The van der Waals surface area contributed by atoms with Gasteiger partial charge in [-0.2, -0.15) is 0 Å². The van der Waals surface area contributed by atoms with Crippen molar-refractivity contribution in [3.63, 3.8) is 0 Å². The quantitative estimate of drug-likeness (QED) is 0.779. The molecule has 1 aromatic carbocycles. The zero-order valence-corrected chi connectivity index (χ0v) is 14.6. The third kappa shape index (κ3) is 3.68. The van der Waals surface area contributed by atoms with Crippen molar-refractivity contribution in [1.29, 1.82) is 0 Å². The van der Waals surface area contributed by atoms with Gasteiger partial charge in [0.25, 0.3) is 0 Å². The van der Waals surface area contributed by atoms with Crippen molar-refractivity contribution in [2.24, 2.45) is 0 Å². The maximum Gasteiger partial charge on any atom is 0.341 e. The summed E-state index contributed by atoms with van der Waals surface area (Å²) in [6, 6.07) is 11.6. The molecule has 3 rings (SSSR count). The molecule has 2 aromatic rings. The lowest BCUT2D eigenvalue weighted by Gasteiger charge is -2.37. The molecule has 1 aromatic heterocycles. The minimum Gasteiger partial charge on any atom is -0.495 e. The summed E-state index contributed by atoms with van der Waals surface area (Å²) in [5, 5.41) is 0. The van der Waals surface area contributed by atoms with E-state index in [4.69, 9.17) is 9.47 Å². The first-order valence-corrected chi connectivity index (χ1v) is 8.49. The molecule has 2 heterocycles. The third-order valence-electron chi connectivity index (χ3n) is 4.29. The SMILES string of the molecule is CCOC(=O)c1cccnc1N1CCN(c2ccccc2OC)CC1. The van der Waals surface area contributed by atoms with E-state index in [2.05, 4.69) is 20.9 Å². The highest BCUT2D eigenvalue weighted by Crippen LogP contribution is 2.29. The number of benzene rings is 1. The molecule has 0 aliphatic carbocycles. The van der Waals surface area contributed by atoms with Crippen LogP contribution in [-0.4, -0.2) is 50.8 Å². The maximum atomic E-state index is 12.2. The Kier molecular flexibility index (Phi) is 5.38. The first-order valence-electron chi connectivity index (χ1n) is 8.49. The number of ether oxygens (including phenoxy) is 2. The molecule has 0 N–H and O–H groups in total. The van der Waals surface area contributed by atoms with Crippen LogP contribution in [0, 0.1) is 0 Å². The van der Waals surface area contributed by atoms with Crippen LogP contribution in [0.15, 0.2) is 42.6 Å². The Morgan fingerprint density at radius 3 is 2.52 bits per heavy atom. The zero-order valence-electron chi connectivity index (χ0n) is 14.6. The normalized spacial score (nSPS) is 14.3. The molecule has 6 nitrogen and oxygen atoms in total. The lowest BCUT2D eigenvalue weighted by Crippen LogP contribution is -2.47. The predicted octanol–water partition coefficient (Wildman–Crippen LogP) is 2.59. The van der Waals surface area contributed by atoms with Crippen LogP contribution in [0.5, 0.6) is 5.75 Å². The van der Waals surface area contributed by atoms with E-state index in [0.29, 0.717) is 18.0 Å². The lowest BCUT2D eigenvalue weighted by molar-refractivity contribution is 0.0526. The highest BCUT2D eigenvalue weighted by atomic mass is 16.5. The second-order valence-corrected chi connectivity index (χ2v) is 5.74. The van der Waals surface area contributed by atoms with Crippen molar-refractivity contribution in [2.75, 3.05) is 49.7 Å². The molecule has 0 atom stereocenters. The van der Waals surface area contributed by atoms with Crippen LogP contribution in [-0.2, 0) is 4.74 Å². The molecule has 0 saturated carbocycles. The van der Waals surface area contributed by atoms with Gasteiger partial charge in [-0.15, -0.1) is 0 Å². The van der Waals surface area contributed by atoms with Crippen molar-refractivity contribution in [2.45, 2.75) is 6.92 Å². The molecule has 1 fully saturated rings. The maximum absolute atomic E-state index is 12.2. The average Bonchev–Trinajstić information content (AvgIpc) is 2.68. The van der Waals surface area contributed by atoms with Gasteiger partial charge < -0.3 is 19.3 Å². The van der Waals surface area contributed by atoms with Crippen LogP contribution in [0.25, 0.3) is 0 Å². The summed E-state index contributed by atoms with van der Waals surface area (Å²) in [5.74, 6) is 1.25. The molecule has 25 heavy (non-hydrogen) atoms. The van der Waals surface area contributed by atoms with E-state index in [0.717, 1.165) is 37.6 Å². The molecular weight excluding hydrogens is 318 g/mol. The van der Waals surface area contributed by atoms with Gasteiger partial charge in [0.05, 0.1) is 19.4 Å². The van der Waals surface area contributed by atoms with Crippen LogP contribution < -0.4 is 14.5 Å². The topological polar surface area (TPSA) is 54.9 Å². The first kappa shape index (κ1) is 17.1. The molecule has 0 amide bonds. The van der Waals surface area contributed by atoms with Crippen LogP contribution in [0.1, 0.15) is 17.3 Å². The number of aromatic nitrogens is 1. The Morgan fingerprint density at radius 1 is 1.08 bits per heavy atom. The monoisotopic (exact) mass is 341 g/mol. The Labute approximate surface area is 148 Å². The molecule has 0 radical (unpaired) electrons. The summed E-state index contributed by atoms with van der Waals surface area (Å²) < 4.78 is 10.6. The van der Waals surface area contributed by atoms with E-state index in [-0.39, 0.29) is 5.97 Å². The number of rotatable bonds is 5. The largest absolute Gasteiger partial charge is 0.495 e. The molecular formula is C19H23N3O3. The van der Waals surface area contributed by atoms with Gasteiger partial charge in [0, 0.05) is 32.4 Å². The van der Waals surface area contributed by atoms with Crippen molar-refractivity contribution in [1.82, 2.24) is 4.98 Å². The van der Waals surface area contributed by atoms with Crippen LogP contribution >= 0.6 is 0 Å². The summed E-state index contributed by atoms with van der Waals surface area (Å²) in [7, 11) is 1.69. The third-order valence-corrected chi connectivity index (χ3v) is 4.29. The van der Waals surface area contributed by atoms with Gasteiger partial charge >= 0.3 is 5.97 Å². The number of carbonyl (C=O) groups is 1. The average molecular weight is 341 g/mol. The van der Waals surface area contributed by atoms with Gasteiger partial charge in [0.2, 0.25) is 0 Å². The number of piperazine rings is 1. The summed E-state index contributed by atoms with van der Waals surface area (Å²) in [5.41, 5.74) is 1.62. The van der Waals surface area contributed by atoms with E-state index < -0.39 is 0 Å². The number of hydrogen-bond acceptors (Lipinski definition) is 6. The van der Waals surface area contributed by atoms with Gasteiger partial charge in [0.15, 0.2) is 0 Å². The molecule has 0 spiro atoms. The van der Waals surface area contributed by atoms with E-state index in [9.17, 15) is 4.79 Å². The smallest absolute Gasteiger partial charge is 0.341 e. The second kappa shape index (κ2) is 7.88. The Hall–Kier alpha value is -2.76. The number of anilines is 2. The Balaban J connectivity index is 1.74. The van der Waals surface area contributed by atoms with Crippen molar-refractivity contribution >= 4 is 17.5 Å². The van der Waals surface area contributed by atoms with Crippen LogP contribution in [0.3, 0.4) is 0 Å². The number of carbonyl (C=O) groups excluding carboxylic acids is 1. The number of pyridine rings is 1. The summed E-state index contributed by atoms with van der Waals surface area (Å²) >= 11 is 0. The summed E-state index contributed by atoms with van der Waals surface area (Å²) in [4.78, 5) is 21.0. The molecule has 0 bridgehead atoms. The van der Waals surface area contributed by atoms with Crippen molar-refractivity contribution in [3.05, 3.63) is 48.2 Å². The highest BCUT2D eigenvalue weighted by Gasteiger charge is 2.24. The standard InChI is InChI=1S/C19H23N3O3/c1-3-25-19(23)15-7-6-10-20-18(15)22-13-11-21(12-14-22)16-8-4-5-9-17(16)24-2/h4-10H,3,11-14H2,1-2H3. The molecule has 1 aliphatic heterocycles. The molecule has 132 valence electrons. The van der Waals surface area contributed by atoms with Gasteiger partial charge in [-0.05, 0) is 31.2 Å². The number of esters is 1. The fraction of sp³-hybridized carbons (Fsp3) is 0.368. The van der Waals surface area contributed by atoms with Gasteiger partial charge in [0.1, 0.15) is 17.1 Å². The summed E-state index contributed by atoms with van der Waals surface area (Å²) in [6.07, 6.45) is 1.71. The molecule has 1 aliphatic rings. The van der Waals surface area contributed by atoms with E-state index in [1.165, 1.54) is 0 Å². The van der Waals surface area contributed by atoms with Crippen molar-refractivity contribution < 1.29 is 14.3 Å². The number of para-hydroxylation sites is 2. The number of methoxy groups -OCH3 is 1.